The van der Waals surface area contributed by atoms with Crippen molar-refractivity contribution in [1.82, 2.24) is 5.32 Å². The molecule has 1 aromatic carbocycles. The van der Waals surface area contributed by atoms with Crippen LogP contribution >= 0.6 is 15.9 Å². The summed E-state index contributed by atoms with van der Waals surface area (Å²) in [6.45, 7) is 2.73. The SMILES string of the molecule is CCCCC(Br)C(=O)NCCc1ccc(OC)c(OC)c1. The average Bonchev–Trinajstić information content (AvgIpc) is 2.52. The van der Waals surface area contributed by atoms with Gasteiger partial charge in [-0.1, -0.05) is 41.8 Å². The molecule has 5 heteroatoms. The van der Waals surface area contributed by atoms with Crippen LogP contribution in [0.2, 0.25) is 0 Å². The van der Waals surface area contributed by atoms with Gasteiger partial charge in [0.25, 0.3) is 0 Å². The van der Waals surface area contributed by atoms with Crippen molar-refractivity contribution in [2.45, 2.75) is 37.4 Å². The summed E-state index contributed by atoms with van der Waals surface area (Å²) in [4.78, 5) is 11.8. The normalized spacial score (nSPS) is 11.8. The van der Waals surface area contributed by atoms with Crippen molar-refractivity contribution in [3.63, 3.8) is 0 Å². The fourth-order valence-corrected chi connectivity index (χ4v) is 2.48. The lowest BCUT2D eigenvalue weighted by molar-refractivity contribution is -0.120. The molecular formula is C16H24BrNO3. The summed E-state index contributed by atoms with van der Waals surface area (Å²) in [5, 5.41) is 2.95. The smallest absolute Gasteiger partial charge is 0.233 e. The number of rotatable bonds is 9. The first-order chi connectivity index (χ1) is 10.1. The van der Waals surface area contributed by atoms with Gasteiger partial charge in [0, 0.05) is 6.54 Å². The van der Waals surface area contributed by atoms with Gasteiger partial charge in [-0.2, -0.15) is 0 Å². The summed E-state index contributed by atoms with van der Waals surface area (Å²) < 4.78 is 10.5. The Morgan fingerprint density at radius 1 is 1.29 bits per heavy atom. The molecule has 0 aliphatic heterocycles. The van der Waals surface area contributed by atoms with Crippen molar-refractivity contribution in [3.05, 3.63) is 23.8 Å². The highest BCUT2D eigenvalue weighted by atomic mass is 79.9. The predicted molar refractivity (Wildman–Crippen MR) is 88.5 cm³/mol. The van der Waals surface area contributed by atoms with E-state index in [0.29, 0.717) is 18.0 Å². The highest BCUT2D eigenvalue weighted by molar-refractivity contribution is 9.10. The minimum atomic E-state index is -0.0946. The second-order valence-corrected chi connectivity index (χ2v) is 5.95. The molecule has 0 aliphatic rings. The largest absolute Gasteiger partial charge is 0.493 e. The molecule has 0 saturated carbocycles. The van der Waals surface area contributed by atoms with Crippen LogP contribution in [-0.4, -0.2) is 31.5 Å². The Kier molecular flexibility index (Phi) is 8.20. The first-order valence-electron chi connectivity index (χ1n) is 7.25. The number of methoxy groups -OCH3 is 2. The van der Waals surface area contributed by atoms with Crippen LogP contribution in [0.15, 0.2) is 18.2 Å². The maximum Gasteiger partial charge on any atom is 0.233 e. The third-order valence-corrected chi connectivity index (χ3v) is 4.13. The van der Waals surface area contributed by atoms with Crippen LogP contribution < -0.4 is 14.8 Å². The zero-order valence-corrected chi connectivity index (χ0v) is 14.5. The Balaban J connectivity index is 2.43. The van der Waals surface area contributed by atoms with E-state index < -0.39 is 0 Å². The van der Waals surface area contributed by atoms with E-state index in [1.807, 2.05) is 18.2 Å². The number of halogens is 1. The van der Waals surface area contributed by atoms with Crippen LogP contribution in [0.5, 0.6) is 11.5 Å². The molecule has 1 N–H and O–H groups in total. The van der Waals surface area contributed by atoms with Gasteiger partial charge in [-0.05, 0) is 30.5 Å². The topological polar surface area (TPSA) is 47.6 Å². The van der Waals surface area contributed by atoms with Crippen LogP contribution in [0, 0.1) is 0 Å². The van der Waals surface area contributed by atoms with E-state index in [2.05, 4.69) is 28.2 Å². The molecule has 1 rings (SSSR count). The number of carbonyl (C=O) groups is 1. The summed E-state index contributed by atoms with van der Waals surface area (Å²) in [5.74, 6) is 1.48. The van der Waals surface area contributed by atoms with Gasteiger partial charge >= 0.3 is 0 Å². The molecule has 0 aliphatic carbocycles. The molecule has 0 spiro atoms. The molecule has 0 saturated heterocycles. The second-order valence-electron chi connectivity index (χ2n) is 4.84. The van der Waals surface area contributed by atoms with Gasteiger partial charge in [0.05, 0.1) is 19.0 Å². The molecule has 21 heavy (non-hydrogen) atoms. The fourth-order valence-electron chi connectivity index (χ4n) is 1.99. The van der Waals surface area contributed by atoms with Gasteiger partial charge in [0.1, 0.15) is 0 Å². The highest BCUT2D eigenvalue weighted by Gasteiger charge is 2.13. The van der Waals surface area contributed by atoms with Crippen molar-refractivity contribution in [1.29, 1.82) is 0 Å². The zero-order valence-electron chi connectivity index (χ0n) is 12.9. The van der Waals surface area contributed by atoms with E-state index in [9.17, 15) is 4.79 Å². The lowest BCUT2D eigenvalue weighted by Gasteiger charge is -2.12. The number of unbranched alkanes of at least 4 members (excludes halogenated alkanes) is 1. The summed E-state index contributed by atoms with van der Waals surface area (Å²) in [7, 11) is 3.23. The number of alkyl halides is 1. The molecule has 0 bridgehead atoms. The Hall–Kier alpha value is -1.23. The van der Waals surface area contributed by atoms with Crippen LogP contribution in [0.1, 0.15) is 31.7 Å². The third-order valence-electron chi connectivity index (χ3n) is 3.26. The van der Waals surface area contributed by atoms with Gasteiger partial charge in [-0.15, -0.1) is 0 Å². The number of carbonyl (C=O) groups excluding carboxylic acids is 1. The number of amides is 1. The lowest BCUT2D eigenvalue weighted by atomic mass is 10.1. The van der Waals surface area contributed by atoms with Gasteiger partial charge in [-0.3, -0.25) is 4.79 Å². The Morgan fingerprint density at radius 2 is 2.00 bits per heavy atom. The molecular weight excluding hydrogens is 334 g/mol. The van der Waals surface area contributed by atoms with Crippen LogP contribution in [0.25, 0.3) is 0 Å². The standard InChI is InChI=1S/C16H24BrNO3/c1-4-5-6-13(17)16(19)18-10-9-12-7-8-14(20-2)15(11-12)21-3/h7-8,11,13H,4-6,9-10H2,1-3H3,(H,18,19). The molecule has 1 unspecified atom stereocenters. The quantitative estimate of drug-likeness (QED) is 0.689. The average molecular weight is 358 g/mol. The maximum absolute atomic E-state index is 11.9. The number of hydrogen-bond acceptors (Lipinski definition) is 3. The molecule has 4 nitrogen and oxygen atoms in total. The molecule has 0 fully saturated rings. The number of benzene rings is 1. The minimum Gasteiger partial charge on any atom is -0.493 e. The molecule has 0 radical (unpaired) electrons. The van der Waals surface area contributed by atoms with E-state index in [4.69, 9.17) is 9.47 Å². The summed E-state index contributed by atoms with van der Waals surface area (Å²) in [6, 6.07) is 5.80. The van der Waals surface area contributed by atoms with E-state index in [1.165, 1.54) is 0 Å². The monoisotopic (exact) mass is 357 g/mol. The highest BCUT2D eigenvalue weighted by Crippen LogP contribution is 2.27. The number of ether oxygens (including phenoxy) is 2. The fraction of sp³-hybridized carbons (Fsp3) is 0.562. The zero-order chi connectivity index (χ0) is 15.7. The van der Waals surface area contributed by atoms with Crippen molar-refractivity contribution < 1.29 is 14.3 Å². The van der Waals surface area contributed by atoms with E-state index in [0.717, 1.165) is 31.2 Å². The predicted octanol–water partition coefficient (Wildman–Crippen LogP) is 3.32. The van der Waals surface area contributed by atoms with Gasteiger partial charge in [0.2, 0.25) is 5.91 Å². The summed E-state index contributed by atoms with van der Waals surface area (Å²) in [5.41, 5.74) is 1.10. The van der Waals surface area contributed by atoms with E-state index in [-0.39, 0.29) is 10.7 Å². The number of hydrogen-bond donors (Lipinski definition) is 1. The van der Waals surface area contributed by atoms with Gasteiger partial charge < -0.3 is 14.8 Å². The molecule has 118 valence electrons. The first-order valence-corrected chi connectivity index (χ1v) is 8.16. The summed E-state index contributed by atoms with van der Waals surface area (Å²) >= 11 is 3.42. The maximum atomic E-state index is 11.9. The molecule has 1 atom stereocenters. The van der Waals surface area contributed by atoms with Crippen LogP contribution in [0.3, 0.4) is 0 Å². The summed E-state index contributed by atoms with van der Waals surface area (Å²) in [6.07, 6.45) is 3.79. The molecule has 0 heterocycles. The molecule has 1 aromatic rings. The van der Waals surface area contributed by atoms with E-state index in [1.54, 1.807) is 14.2 Å². The third kappa shape index (κ3) is 5.96. The lowest BCUT2D eigenvalue weighted by Crippen LogP contribution is -2.32. The minimum absolute atomic E-state index is 0.0592. The van der Waals surface area contributed by atoms with Crippen molar-refractivity contribution in [3.8, 4) is 11.5 Å². The van der Waals surface area contributed by atoms with Crippen molar-refractivity contribution >= 4 is 21.8 Å². The molecule has 0 aromatic heterocycles. The van der Waals surface area contributed by atoms with Gasteiger partial charge in [0.15, 0.2) is 11.5 Å². The molecule has 1 amide bonds. The second kappa shape index (κ2) is 9.66. The van der Waals surface area contributed by atoms with Crippen molar-refractivity contribution in [2.75, 3.05) is 20.8 Å². The van der Waals surface area contributed by atoms with Crippen LogP contribution in [-0.2, 0) is 11.2 Å². The van der Waals surface area contributed by atoms with Gasteiger partial charge in [-0.25, -0.2) is 0 Å². The van der Waals surface area contributed by atoms with Crippen LogP contribution in [0.4, 0.5) is 0 Å². The Labute approximate surface area is 135 Å². The van der Waals surface area contributed by atoms with Crippen molar-refractivity contribution in [2.24, 2.45) is 0 Å². The Morgan fingerprint density at radius 3 is 2.62 bits per heavy atom. The number of nitrogens with one attached hydrogen (secondary N) is 1. The first kappa shape index (κ1) is 17.8. The Bertz CT molecular complexity index is 451. The van der Waals surface area contributed by atoms with E-state index >= 15 is 0 Å².